The SMILES string of the molecule is C[C@H](CCNS(C)(=O)=O)NC(=O)c1cnc2c(C3=CCC(C(F)(F)F)CC3)cccc2c1. The average molecular weight is 470 g/mol. The van der Waals surface area contributed by atoms with E-state index in [2.05, 4.69) is 15.0 Å². The molecule has 1 amide bonds. The van der Waals surface area contributed by atoms with Gasteiger partial charge in [0.25, 0.3) is 5.91 Å². The quantitative estimate of drug-likeness (QED) is 0.641. The fraction of sp³-hybridized carbons (Fsp3) is 0.455. The standard InChI is InChI=1S/C22H26F3N3O3S/c1-14(10-11-27-32(2,30)31)28-21(29)17-12-16-4-3-5-19(20(16)26-13-17)15-6-8-18(9-7-15)22(23,24)25/h3-6,12-14,18,27H,7-11H2,1-2H3,(H,28,29)/t14-,18?/m1/s1. The Morgan fingerprint density at radius 2 is 2.06 bits per heavy atom. The van der Waals surface area contributed by atoms with Crippen molar-refractivity contribution in [3.05, 3.63) is 47.7 Å². The summed E-state index contributed by atoms with van der Waals surface area (Å²) < 4.78 is 63.5. The molecule has 0 fully saturated rings. The average Bonchev–Trinajstić information content (AvgIpc) is 2.71. The molecule has 2 aromatic rings. The Hall–Kier alpha value is -2.46. The Labute approximate surface area is 185 Å². The summed E-state index contributed by atoms with van der Waals surface area (Å²) in [5, 5.41) is 3.53. The van der Waals surface area contributed by atoms with Crippen LogP contribution in [-0.2, 0) is 10.0 Å². The molecule has 3 rings (SSSR count). The number of nitrogens with zero attached hydrogens (tertiary/aromatic N) is 1. The lowest BCUT2D eigenvalue weighted by atomic mass is 9.85. The van der Waals surface area contributed by atoms with E-state index in [1.54, 1.807) is 25.1 Å². The van der Waals surface area contributed by atoms with Crippen molar-refractivity contribution in [1.29, 1.82) is 0 Å². The molecule has 2 atom stereocenters. The molecule has 0 saturated heterocycles. The van der Waals surface area contributed by atoms with Gasteiger partial charge in [0.2, 0.25) is 10.0 Å². The predicted molar refractivity (Wildman–Crippen MR) is 118 cm³/mol. The van der Waals surface area contributed by atoms with E-state index in [4.69, 9.17) is 0 Å². The maximum absolute atomic E-state index is 12.9. The van der Waals surface area contributed by atoms with Crippen molar-refractivity contribution in [2.45, 2.75) is 44.8 Å². The first-order chi connectivity index (χ1) is 14.9. The molecule has 1 heterocycles. The lowest BCUT2D eigenvalue weighted by Gasteiger charge is -2.24. The minimum atomic E-state index is -4.18. The van der Waals surface area contributed by atoms with E-state index < -0.39 is 22.1 Å². The third-order valence-electron chi connectivity index (χ3n) is 5.51. The zero-order chi connectivity index (χ0) is 23.5. The van der Waals surface area contributed by atoms with Crippen molar-refractivity contribution in [3.8, 4) is 0 Å². The number of alkyl halides is 3. The molecule has 0 aliphatic heterocycles. The minimum absolute atomic E-state index is 0.0399. The van der Waals surface area contributed by atoms with Crippen LogP contribution < -0.4 is 10.0 Å². The van der Waals surface area contributed by atoms with Gasteiger partial charge in [-0.1, -0.05) is 24.3 Å². The molecule has 1 aliphatic carbocycles. The number of rotatable bonds is 7. The highest BCUT2D eigenvalue weighted by Crippen LogP contribution is 2.40. The first-order valence-electron chi connectivity index (χ1n) is 10.3. The third kappa shape index (κ3) is 6.29. The van der Waals surface area contributed by atoms with Crippen LogP contribution in [0.2, 0.25) is 0 Å². The van der Waals surface area contributed by atoms with E-state index >= 15 is 0 Å². The van der Waals surface area contributed by atoms with Crippen molar-refractivity contribution in [1.82, 2.24) is 15.0 Å². The van der Waals surface area contributed by atoms with Gasteiger partial charge >= 0.3 is 6.18 Å². The summed E-state index contributed by atoms with van der Waals surface area (Å²) in [5.74, 6) is -1.64. The van der Waals surface area contributed by atoms with Crippen molar-refractivity contribution in [2.75, 3.05) is 12.8 Å². The molecule has 10 heteroatoms. The first-order valence-corrected chi connectivity index (χ1v) is 12.2. The second-order valence-electron chi connectivity index (χ2n) is 8.17. The molecular formula is C22H26F3N3O3S. The fourth-order valence-electron chi connectivity index (χ4n) is 3.76. The Kier molecular flexibility index (Phi) is 7.24. The molecule has 0 bridgehead atoms. The molecule has 0 saturated carbocycles. The lowest BCUT2D eigenvalue weighted by molar-refractivity contribution is -0.175. The predicted octanol–water partition coefficient (Wildman–Crippen LogP) is 4.04. The second-order valence-corrected chi connectivity index (χ2v) is 10.0. The lowest BCUT2D eigenvalue weighted by Crippen LogP contribution is -2.35. The summed E-state index contributed by atoms with van der Waals surface area (Å²) >= 11 is 0. The summed E-state index contributed by atoms with van der Waals surface area (Å²) in [7, 11) is -3.28. The molecule has 0 radical (unpaired) electrons. The van der Waals surface area contributed by atoms with Gasteiger partial charge in [0.05, 0.1) is 23.3 Å². The van der Waals surface area contributed by atoms with Gasteiger partial charge in [-0.2, -0.15) is 13.2 Å². The largest absolute Gasteiger partial charge is 0.392 e. The number of sulfonamides is 1. The summed E-state index contributed by atoms with van der Waals surface area (Å²) in [6.45, 7) is 1.99. The molecular weight excluding hydrogens is 443 g/mol. The van der Waals surface area contributed by atoms with Gasteiger partial charge in [-0.25, -0.2) is 13.1 Å². The number of para-hydroxylation sites is 1. The van der Waals surface area contributed by atoms with Crippen molar-refractivity contribution >= 4 is 32.4 Å². The summed E-state index contributed by atoms with van der Waals surface area (Å²) in [5.41, 5.74) is 2.63. The van der Waals surface area contributed by atoms with Crippen LogP contribution in [0.25, 0.3) is 16.5 Å². The van der Waals surface area contributed by atoms with Gasteiger partial charge in [0.15, 0.2) is 0 Å². The summed E-state index contributed by atoms with van der Waals surface area (Å²) in [6.07, 6.45) is 0.751. The van der Waals surface area contributed by atoms with E-state index in [1.807, 2.05) is 12.1 Å². The zero-order valence-corrected chi connectivity index (χ0v) is 18.7. The van der Waals surface area contributed by atoms with Crippen LogP contribution in [0, 0.1) is 5.92 Å². The van der Waals surface area contributed by atoms with Crippen LogP contribution in [-0.4, -0.2) is 44.3 Å². The number of carbonyl (C=O) groups excluding carboxylic acids is 1. The summed E-state index contributed by atoms with van der Waals surface area (Å²) in [6, 6.07) is 6.89. The van der Waals surface area contributed by atoms with Gasteiger partial charge in [-0.3, -0.25) is 9.78 Å². The highest BCUT2D eigenvalue weighted by molar-refractivity contribution is 7.88. The molecule has 6 nitrogen and oxygen atoms in total. The monoisotopic (exact) mass is 469 g/mol. The van der Waals surface area contributed by atoms with E-state index in [9.17, 15) is 26.4 Å². The maximum atomic E-state index is 12.9. The molecule has 1 unspecified atom stereocenters. The van der Waals surface area contributed by atoms with Crippen LogP contribution in [0.5, 0.6) is 0 Å². The highest BCUT2D eigenvalue weighted by Gasteiger charge is 2.39. The first kappa shape index (κ1) is 24.2. The van der Waals surface area contributed by atoms with Gasteiger partial charge in [0, 0.05) is 29.7 Å². The van der Waals surface area contributed by atoms with Crippen molar-refractivity contribution in [3.63, 3.8) is 0 Å². The fourth-order valence-corrected chi connectivity index (χ4v) is 4.25. The zero-order valence-electron chi connectivity index (χ0n) is 17.9. The topological polar surface area (TPSA) is 88.2 Å². The van der Waals surface area contributed by atoms with Gasteiger partial charge in [-0.05, 0) is 44.2 Å². The van der Waals surface area contributed by atoms with E-state index in [0.717, 1.165) is 22.8 Å². The Balaban J connectivity index is 1.72. The van der Waals surface area contributed by atoms with Gasteiger partial charge < -0.3 is 5.32 Å². The number of hydrogen-bond donors (Lipinski definition) is 2. The summed E-state index contributed by atoms with van der Waals surface area (Å²) in [4.78, 5) is 17.0. The molecule has 0 spiro atoms. The number of carbonyl (C=O) groups is 1. The highest BCUT2D eigenvalue weighted by atomic mass is 32.2. The number of benzene rings is 1. The van der Waals surface area contributed by atoms with E-state index in [1.165, 1.54) is 6.20 Å². The van der Waals surface area contributed by atoms with Crippen molar-refractivity contribution < 1.29 is 26.4 Å². The van der Waals surface area contributed by atoms with Crippen molar-refractivity contribution in [2.24, 2.45) is 5.92 Å². The molecule has 174 valence electrons. The molecule has 1 aromatic heterocycles. The number of pyridine rings is 1. The third-order valence-corrected chi connectivity index (χ3v) is 6.24. The number of aromatic nitrogens is 1. The normalized spacial score (nSPS) is 18.3. The van der Waals surface area contributed by atoms with E-state index in [-0.39, 0.29) is 31.3 Å². The van der Waals surface area contributed by atoms with Crippen LogP contribution >= 0.6 is 0 Å². The van der Waals surface area contributed by atoms with Crippen LogP contribution in [0.3, 0.4) is 0 Å². The maximum Gasteiger partial charge on any atom is 0.392 e. The Morgan fingerprint density at radius 1 is 1.31 bits per heavy atom. The number of amides is 1. The number of allylic oxidation sites excluding steroid dienone is 2. The van der Waals surface area contributed by atoms with Crippen LogP contribution in [0.15, 0.2) is 36.5 Å². The number of hydrogen-bond acceptors (Lipinski definition) is 4. The minimum Gasteiger partial charge on any atom is -0.349 e. The number of halogens is 3. The van der Waals surface area contributed by atoms with E-state index in [0.29, 0.717) is 23.9 Å². The smallest absolute Gasteiger partial charge is 0.349 e. The van der Waals surface area contributed by atoms with Gasteiger partial charge in [-0.15, -0.1) is 0 Å². The second kappa shape index (κ2) is 9.58. The molecule has 2 N–H and O–H groups in total. The molecule has 1 aliphatic rings. The van der Waals surface area contributed by atoms with Crippen LogP contribution in [0.1, 0.15) is 48.5 Å². The Bertz CT molecular complexity index is 1130. The van der Waals surface area contributed by atoms with Crippen LogP contribution in [0.4, 0.5) is 13.2 Å². The molecule has 1 aromatic carbocycles. The number of nitrogens with one attached hydrogen (secondary N) is 2. The Morgan fingerprint density at radius 3 is 2.69 bits per heavy atom. The number of fused-ring (bicyclic) bond motifs is 1. The van der Waals surface area contributed by atoms with Gasteiger partial charge in [0.1, 0.15) is 0 Å². The molecule has 32 heavy (non-hydrogen) atoms.